The molecule has 0 saturated carbocycles. The van der Waals surface area contributed by atoms with Gasteiger partial charge in [0.2, 0.25) is 5.91 Å². The number of rotatable bonds is 5. The van der Waals surface area contributed by atoms with Crippen LogP contribution in [0, 0.1) is 0 Å². The molecule has 0 bridgehead atoms. The van der Waals surface area contributed by atoms with Crippen LogP contribution in [-0.4, -0.2) is 31.2 Å². The molecular weight excluding hydrogens is 192 g/mol. The first kappa shape index (κ1) is 12.5. The number of nitrogens with one attached hydrogen (secondary N) is 1. The van der Waals surface area contributed by atoms with Crippen LogP contribution in [0.4, 0.5) is 0 Å². The zero-order valence-corrected chi connectivity index (χ0v) is 9.50. The highest BCUT2D eigenvalue weighted by molar-refractivity contribution is 5.81. The molecule has 1 heterocycles. The predicted octanol–water partition coefficient (Wildman–Crippen LogP) is 0.799. The molecular formula is C11H22N2O2. The number of carbonyl (C=O) groups excluding carboxylic acids is 1. The van der Waals surface area contributed by atoms with E-state index < -0.39 is 0 Å². The molecule has 2 atom stereocenters. The van der Waals surface area contributed by atoms with Gasteiger partial charge in [-0.05, 0) is 19.3 Å². The van der Waals surface area contributed by atoms with Crippen LogP contribution in [0.5, 0.6) is 0 Å². The molecule has 1 aliphatic rings. The highest BCUT2D eigenvalue weighted by Crippen LogP contribution is 2.06. The minimum atomic E-state index is -0.355. The first-order chi connectivity index (χ1) is 7.24. The summed E-state index contributed by atoms with van der Waals surface area (Å²) < 4.78 is 5.29. The molecule has 0 aromatic rings. The molecule has 0 aromatic carbocycles. The molecule has 1 rings (SSSR count). The van der Waals surface area contributed by atoms with E-state index in [1.54, 1.807) is 0 Å². The van der Waals surface area contributed by atoms with Gasteiger partial charge in [0.05, 0.1) is 18.7 Å². The quantitative estimate of drug-likeness (QED) is 0.711. The Morgan fingerprint density at radius 1 is 1.67 bits per heavy atom. The van der Waals surface area contributed by atoms with Gasteiger partial charge in [0.25, 0.3) is 0 Å². The number of ether oxygens (including phenoxy) is 1. The van der Waals surface area contributed by atoms with E-state index in [-0.39, 0.29) is 18.0 Å². The number of hydrogen-bond donors (Lipinski definition) is 2. The van der Waals surface area contributed by atoms with Crippen LogP contribution in [0.1, 0.15) is 39.0 Å². The lowest BCUT2D eigenvalue weighted by molar-refractivity contribution is -0.124. The standard InChI is InChI=1S/C11H22N2O2/c1-2-3-6-10(12)11(14)13-9-5-4-7-15-8-9/h9-10H,2-8,12H2,1H3,(H,13,14)/t9?,10-/m0/s1. The predicted molar refractivity (Wildman–Crippen MR) is 59.5 cm³/mol. The van der Waals surface area contributed by atoms with Crippen LogP contribution in [0.3, 0.4) is 0 Å². The molecule has 88 valence electrons. The first-order valence-electron chi connectivity index (χ1n) is 5.87. The van der Waals surface area contributed by atoms with Gasteiger partial charge in [-0.3, -0.25) is 4.79 Å². The Morgan fingerprint density at radius 3 is 3.07 bits per heavy atom. The zero-order chi connectivity index (χ0) is 11.1. The van der Waals surface area contributed by atoms with Crippen LogP contribution in [0.25, 0.3) is 0 Å². The maximum atomic E-state index is 11.6. The topological polar surface area (TPSA) is 64.4 Å². The highest BCUT2D eigenvalue weighted by Gasteiger charge is 2.19. The van der Waals surface area contributed by atoms with Gasteiger partial charge in [-0.2, -0.15) is 0 Å². The molecule has 0 aliphatic carbocycles. The van der Waals surface area contributed by atoms with Gasteiger partial charge in [-0.15, -0.1) is 0 Å². The van der Waals surface area contributed by atoms with E-state index in [1.165, 1.54) is 0 Å². The summed E-state index contributed by atoms with van der Waals surface area (Å²) in [5.41, 5.74) is 5.77. The van der Waals surface area contributed by atoms with Crippen LogP contribution >= 0.6 is 0 Å². The van der Waals surface area contributed by atoms with Gasteiger partial charge in [-0.25, -0.2) is 0 Å². The van der Waals surface area contributed by atoms with E-state index in [9.17, 15) is 4.79 Å². The summed E-state index contributed by atoms with van der Waals surface area (Å²) in [6, 6.07) is -0.189. The van der Waals surface area contributed by atoms with Gasteiger partial charge in [-0.1, -0.05) is 19.8 Å². The Morgan fingerprint density at radius 2 is 2.47 bits per heavy atom. The molecule has 1 unspecified atom stereocenters. The molecule has 0 spiro atoms. The van der Waals surface area contributed by atoms with Crippen molar-refractivity contribution in [3.8, 4) is 0 Å². The Hall–Kier alpha value is -0.610. The van der Waals surface area contributed by atoms with Gasteiger partial charge >= 0.3 is 0 Å². The van der Waals surface area contributed by atoms with E-state index in [0.717, 1.165) is 38.7 Å². The molecule has 1 fully saturated rings. The van der Waals surface area contributed by atoms with E-state index in [0.29, 0.717) is 6.61 Å². The van der Waals surface area contributed by atoms with Crippen LogP contribution < -0.4 is 11.1 Å². The van der Waals surface area contributed by atoms with Crippen LogP contribution in [0.2, 0.25) is 0 Å². The zero-order valence-electron chi connectivity index (χ0n) is 9.50. The molecule has 4 nitrogen and oxygen atoms in total. The maximum absolute atomic E-state index is 11.6. The fourth-order valence-corrected chi connectivity index (χ4v) is 1.72. The fourth-order valence-electron chi connectivity index (χ4n) is 1.72. The molecule has 3 N–H and O–H groups in total. The Balaban J connectivity index is 2.20. The van der Waals surface area contributed by atoms with Gasteiger partial charge < -0.3 is 15.8 Å². The van der Waals surface area contributed by atoms with Crippen molar-refractivity contribution in [3.63, 3.8) is 0 Å². The second kappa shape index (κ2) is 6.80. The van der Waals surface area contributed by atoms with E-state index in [1.807, 2.05) is 0 Å². The molecule has 4 heteroatoms. The van der Waals surface area contributed by atoms with E-state index in [2.05, 4.69) is 12.2 Å². The Kier molecular flexibility index (Phi) is 5.65. The third-order valence-corrected chi connectivity index (χ3v) is 2.71. The number of carbonyl (C=O) groups is 1. The van der Waals surface area contributed by atoms with Crippen molar-refractivity contribution in [2.75, 3.05) is 13.2 Å². The van der Waals surface area contributed by atoms with Crippen molar-refractivity contribution in [1.82, 2.24) is 5.32 Å². The number of hydrogen-bond acceptors (Lipinski definition) is 3. The van der Waals surface area contributed by atoms with Crippen molar-refractivity contribution in [2.24, 2.45) is 5.73 Å². The number of amides is 1. The van der Waals surface area contributed by atoms with Crippen molar-refractivity contribution in [2.45, 2.75) is 51.1 Å². The Labute approximate surface area is 91.5 Å². The summed E-state index contributed by atoms with van der Waals surface area (Å²) in [5, 5.41) is 2.94. The summed E-state index contributed by atoms with van der Waals surface area (Å²) in [6.45, 7) is 3.54. The van der Waals surface area contributed by atoms with Crippen molar-refractivity contribution in [3.05, 3.63) is 0 Å². The average Bonchev–Trinajstić information content (AvgIpc) is 2.27. The van der Waals surface area contributed by atoms with Gasteiger partial charge in [0, 0.05) is 6.61 Å². The van der Waals surface area contributed by atoms with Crippen molar-refractivity contribution < 1.29 is 9.53 Å². The summed E-state index contributed by atoms with van der Waals surface area (Å²) in [4.78, 5) is 11.6. The minimum absolute atomic E-state index is 0.0287. The molecule has 0 aromatic heterocycles. The largest absolute Gasteiger partial charge is 0.379 e. The van der Waals surface area contributed by atoms with Gasteiger partial charge in [0.1, 0.15) is 0 Å². The second-order valence-electron chi connectivity index (χ2n) is 4.17. The summed E-state index contributed by atoms with van der Waals surface area (Å²) in [7, 11) is 0. The lowest BCUT2D eigenvalue weighted by atomic mass is 10.1. The lowest BCUT2D eigenvalue weighted by Gasteiger charge is -2.24. The van der Waals surface area contributed by atoms with E-state index in [4.69, 9.17) is 10.5 Å². The number of nitrogens with two attached hydrogens (primary N) is 1. The maximum Gasteiger partial charge on any atom is 0.237 e. The summed E-state index contributed by atoms with van der Waals surface area (Å²) in [6.07, 6.45) is 4.89. The first-order valence-corrected chi connectivity index (χ1v) is 5.87. The second-order valence-corrected chi connectivity index (χ2v) is 4.17. The van der Waals surface area contributed by atoms with Gasteiger partial charge in [0.15, 0.2) is 0 Å². The van der Waals surface area contributed by atoms with Crippen molar-refractivity contribution in [1.29, 1.82) is 0 Å². The average molecular weight is 214 g/mol. The molecule has 15 heavy (non-hydrogen) atoms. The highest BCUT2D eigenvalue weighted by atomic mass is 16.5. The molecule has 0 radical (unpaired) electrons. The fraction of sp³-hybridized carbons (Fsp3) is 0.909. The SMILES string of the molecule is CCCC[C@H](N)C(=O)NC1CCCOC1. The lowest BCUT2D eigenvalue weighted by Crippen LogP contribution is -2.48. The van der Waals surface area contributed by atoms with E-state index >= 15 is 0 Å². The summed E-state index contributed by atoms with van der Waals surface area (Å²) >= 11 is 0. The third kappa shape index (κ3) is 4.62. The van der Waals surface area contributed by atoms with Crippen LogP contribution in [0.15, 0.2) is 0 Å². The minimum Gasteiger partial charge on any atom is -0.379 e. The smallest absolute Gasteiger partial charge is 0.237 e. The monoisotopic (exact) mass is 214 g/mol. The number of unbranched alkanes of at least 4 members (excludes halogenated alkanes) is 1. The Bertz CT molecular complexity index is 191. The summed E-state index contributed by atoms with van der Waals surface area (Å²) in [5.74, 6) is -0.0287. The molecule has 1 saturated heterocycles. The molecule has 1 aliphatic heterocycles. The van der Waals surface area contributed by atoms with Crippen LogP contribution in [-0.2, 0) is 9.53 Å². The normalized spacial score (nSPS) is 23.5. The van der Waals surface area contributed by atoms with Crippen molar-refractivity contribution >= 4 is 5.91 Å². The molecule has 1 amide bonds. The third-order valence-electron chi connectivity index (χ3n) is 2.71.